The zero-order valence-corrected chi connectivity index (χ0v) is 46.1. The van der Waals surface area contributed by atoms with Crippen molar-refractivity contribution < 1.29 is 24.5 Å². The highest BCUT2D eigenvalue weighted by atomic mass is 16.5. The van der Waals surface area contributed by atoms with Crippen molar-refractivity contribution in [1.82, 2.24) is 5.32 Å². The molecule has 0 spiro atoms. The number of amides is 1. The molecule has 0 aromatic carbocycles. The number of carbonyl (C=O) groups is 2. The molecular weight excluding hydrogens is 839 g/mol. The number of unbranched alkanes of at least 4 members (excludes halogenated alkanes) is 45. The van der Waals surface area contributed by atoms with Crippen LogP contribution >= 0.6 is 0 Å². The van der Waals surface area contributed by atoms with Gasteiger partial charge in [0.1, 0.15) is 0 Å². The number of ether oxygens (including phenoxy) is 1. The molecule has 0 rings (SSSR count). The second-order valence-corrected chi connectivity index (χ2v) is 21.4. The van der Waals surface area contributed by atoms with Gasteiger partial charge in [0.25, 0.3) is 0 Å². The van der Waals surface area contributed by atoms with Crippen LogP contribution in [0.2, 0.25) is 0 Å². The van der Waals surface area contributed by atoms with Crippen LogP contribution < -0.4 is 5.32 Å². The van der Waals surface area contributed by atoms with Crippen molar-refractivity contribution in [1.29, 1.82) is 0 Å². The van der Waals surface area contributed by atoms with Crippen LogP contribution in [0.5, 0.6) is 0 Å². The highest BCUT2D eigenvalue weighted by Crippen LogP contribution is 2.18. The molecule has 1 amide bonds. The summed E-state index contributed by atoms with van der Waals surface area (Å²) < 4.78 is 5.47. The third-order valence-corrected chi connectivity index (χ3v) is 14.6. The Morgan fingerprint density at radius 2 is 0.691 bits per heavy atom. The van der Waals surface area contributed by atoms with Crippen LogP contribution in [0.25, 0.3) is 0 Å². The van der Waals surface area contributed by atoms with Gasteiger partial charge in [0.15, 0.2) is 0 Å². The minimum Gasteiger partial charge on any atom is -0.466 e. The van der Waals surface area contributed by atoms with Crippen molar-refractivity contribution >= 4 is 11.9 Å². The van der Waals surface area contributed by atoms with Gasteiger partial charge in [-0.05, 0) is 51.4 Å². The van der Waals surface area contributed by atoms with Crippen molar-refractivity contribution in [2.75, 3.05) is 13.2 Å². The fourth-order valence-electron chi connectivity index (χ4n) is 9.81. The monoisotopic (exact) mass is 960 g/mol. The van der Waals surface area contributed by atoms with Crippen LogP contribution in [0.3, 0.4) is 0 Å². The molecular formula is C62H121NO5. The first-order valence-electron chi connectivity index (χ1n) is 30.9. The number of hydrogen-bond donors (Lipinski definition) is 3. The van der Waals surface area contributed by atoms with E-state index in [1.54, 1.807) is 0 Å². The molecule has 0 saturated heterocycles. The Balaban J connectivity index is 3.42. The lowest BCUT2D eigenvalue weighted by Crippen LogP contribution is -2.45. The first-order chi connectivity index (χ1) is 33.5. The zero-order valence-electron chi connectivity index (χ0n) is 46.1. The summed E-state index contributed by atoms with van der Waals surface area (Å²) in [4.78, 5) is 24.5. The Morgan fingerprint density at radius 1 is 0.397 bits per heavy atom. The number of hydrogen-bond acceptors (Lipinski definition) is 5. The molecule has 0 aliphatic rings. The van der Waals surface area contributed by atoms with Crippen molar-refractivity contribution in [3.63, 3.8) is 0 Å². The molecule has 2 unspecified atom stereocenters. The molecule has 0 aliphatic carbocycles. The standard InChI is InChI=1S/C62H121NO5/c1-3-5-7-9-11-13-15-17-18-19-20-21-22-23-24-27-31-34-38-42-46-50-54-60(65)59(58-64)63-61(66)55-51-47-43-39-35-32-28-25-26-29-33-37-41-45-49-53-57-68-62(67)56-52-48-44-40-36-30-16-14-12-10-8-6-4-2/h14,16,59-60,64-65H,3-13,15,17-58H2,1-2H3,(H,63,66)/b16-14-. The van der Waals surface area contributed by atoms with Crippen LogP contribution in [-0.4, -0.2) is 47.4 Å². The number of esters is 1. The Labute approximate surface area is 425 Å². The van der Waals surface area contributed by atoms with Crippen LogP contribution in [-0.2, 0) is 14.3 Å². The lowest BCUT2D eigenvalue weighted by atomic mass is 10.0. The number of nitrogens with one attached hydrogen (secondary N) is 1. The molecule has 2 atom stereocenters. The third-order valence-electron chi connectivity index (χ3n) is 14.6. The minimum absolute atomic E-state index is 0.00500. The third kappa shape index (κ3) is 53.9. The lowest BCUT2D eigenvalue weighted by molar-refractivity contribution is -0.143. The Hall–Kier alpha value is -1.40. The maximum Gasteiger partial charge on any atom is 0.305 e. The van der Waals surface area contributed by atoms with E-state index in [0.717, 1.165) is 44.9 Å². The second kappa shape index (κ2) is 58.2. The first kappa shape index (κ1) is 66.6. The van der Waals surface area contributed by atoms with Crippen LogP contribution in [0.4, 0.5) is 0 Å². The predicted octanol–water partition coefficient (Wildman–Crippen LogP) is 19.2. The number of aliphatic hydroxyl groups excluding tert-OH is 2. The van der Waals surface area contributed by atoms with Crippen molar-refractivity contribution in [3.8, 4) is 0 Å². The summed E-state index contributed by atoms with van der Waals surface area (Å²) in [6, 6.07) is -0.547. The number of allylic oxidation sites excluding steroid dienone is 2. The molecule has 0 bridgehead atoms. The molecule has 6 nitrogen and oxygen atoms in total. The molecule has 68 heavy (non-hydrogen) atoms. The van der Waals surface area contributed by atoms with Crippen molar-refractivity contribution in [2.45, 2.75) is 360 Å². The van der Waals surface area contributed by atoms with E-state index in [9.17, 15) is 19.8 Å². The van der Waals surface area contributed by atoms with Gasteiger partial charge in [-0.1, -0.05) is 296 Å². The predicted molar refractivity (Wildman–Crippen MR) is 297 cm³/mol. The SMILES string of the molecule is CCCCCC/C=C\CCCCCCCC(=O)OCCCCCCCCCCCCCCCCCCC(=O)NC(CO)C(O)CCCCCCCCCCCCCCCCCCCCCCCC. The Kier molecular flexibility index (Phi) is 57.0. The molecule has 404 valence electrons. The van der Waals surface area contributed by atoms with Gasteiger partial charge in [-0.2, -0.15) is 0 Å². The summed E-state index contributed by atoms with van der Waals surface area (Å²) in [5.74, 6) is -0.0430. The molecule has 0 aliphatic heterocycles. The van der Waals surface area contributed by atoms with Gasteiger partial charge in [0.2, 0.25) is 5.91 Å². The van der Waals surface area contributed by atoms with E-state index in [4.69, 9.17) is 4.74 Å². The average molecular weight is 961 g/mol. The van der Waals surface area contributed by atoms with Crippen LogP contribution in [0.15, 0.2) is 12.2 Å². The van der Waals surface area contributed by atoms with Crippen molar-refractivity contribution in [2.24, 2.45) is 0 Å². The van der Waals surface area contributed by atoms with E-state index in [0.29, 0.717) is 25.9 Å². The lowest BCUT2D eigenvalue weighted by Gasteiger charge is -2.22. The number of carbonyl (C=O) groups excluding carboxylic acids is 2. The molecule has 0 fully saturated rings. The highest BCUT2D eigenvalue weighted by Gasteiger charge is 2.20. The summed E-state index contributed by atoms with van der Waals surface area (Å²) in [6.07, 6.45) is 69.3. The molecule has 0 saturated carbocycles. The highest BCUT2D eigenvalue weighted by molar-refractivity contribution is 5.76. The quantitative estimate of drug-likeness (QED) is 0.0321. The maximum absolute atomic E-state index is 12.5. The van der Waals surface area contributed by atoms with Gasteiger partial charge in [-0.15, -0.1) is 0 Å². The van der Waals surface area contributed by atoms with Gasteiger partial charge < -0.3 is 20.3 Å². The molecule has 0 radical (unpaired) electrons. The molecule has 6 heteroatoms. The van der Waals surface area contributed by atoms with Gasteiger partial charge in [-0.3, -0.25) is 9.59 Å². The summed E-state index contributed by atoms with van der Waals surface area (Å²) >= 11 is 0. The van der Waals surface area contributed by atoms with Crippen LogP contribution in [0, 0.1) is 0 Å². The fourth-order valence-corrected chi connectivity index (χ4v) is 9.81. The fraction of sp³-hybridized carbons (Fsp3) is 0.935. The first-order valence-corrected chi connectivity index (χ1v) is 30.9. The summed E-state index contributed by atoms with van der Waals surface area (Å²) in [6.45, 7) is 4.95. The smallest absolute Gasteiger partial charge is 0.305 e. The largest absolute Gasteiger partial charge is 0.466 e. The normalized spacial score (nSPS) is 12.6. The van der Waals surface area contributed by atoms with E-state index in [1.807, 2.05) is 0 Å². The van der Waals surface area contributed by atoms with Gasteiger partial charge in [0.05, 0.1) is 25.4 Å². The van der Waals surface area contributed by atoms with Gasteiger partial charge in [-0.25, -0.2) is 0 Å². The van der Waals surface area contributed by atoms with E-state index < -0.39 is 12.1 Å². The molecule has 0 aromatic heterocycles. The summed E-state index contributed by atoms with van der Waals surface area (Å²) in [5.41, 5.74) is 0. The topological polar surface area (TPSA) is 95.9 Å². The molecule has 3 N–H and O–H groups in total. The molecule has 0 aromatic rings. The van der Waals surface area contributed by atoms with E-state index >= 15 is 0 Å². The molecule has 0 heterocycles. The van der Waals surface area contributed by atoms with E-state index in [-0.39, 0.29) is 18.5 Å². The van der Waals surface area contributed by atoms with Gasteiger partial charge in [0, 0.05) is 12.8 Å². The number of rotatable bonds is 58. The van der Waals surface area contributed by atoms with Crippen LogP contribution in [0.1, 0.15) is 348 Å². The minimum atomic E-state index is -0.669. The summed E-state index contributed by atoms with van der Waals surface area (Å²) in [5, 5.41) is 23.4. The van der Waals surface area contributed by atoms with E-state index in [2.05, 4.69) is 31.3 Å². The average Bonchev–Trinajstić information content (AvgIpc) is 3.34. The number of aliphatic hydroxyl groups is 2. The second-order valence-electron chi connectivity index (χ2n) is 21.4. The Morgan fingerprint density at radius 3 is 1.06 bits per heavy atom. The van der Waals surface area contributed by atoms with Gasteiger partial charge >= 0.3 is 5.97 Å². The van der Waals surface area contributed by atoms with E-state index in [1.165, 1.54) is 270 Å². The van der Waals surface area contributed by atoms with Crippen molar-refractivity contribution in [3.05, 3.63) is 12.2 Å². The Bertz CT molecular complexity index is 1020. The zero-order chi connectivity index (χ0) is 49.3. The maximum atomic E-state index is 12.5. The summed E-state index contributed by atoms with van der Waals surface area (Å²) in [7, 11) is 0.